The van der Waals surface area contributed by atoms with E-state index in [1.807, 2.05) is 0 Å². The zero-order valence-corrected chi connectivity index (χ0v) is 8.75. The Kier molecular flexibility index (Phi) is 3.46. The second kappa shape index (κ2) is 4.24. The molecule has 1 unspecified atom stereocenters. The molecule has 0 aromatic heterocycles. The molecule has 0 spiro atoms. The molecule has 0 amide bonds. The molecule has 0 saturated carbocycles. The van der Waals surface area contributed by atoms with Crippen molar-refractivity contribution in [3.8, 4) is 0 Å². The fourth-order valence-corrected chi connectivity index (χ4v) is 2.32. The zero-order chi connectivity index (χ0) is 10.8. The van der Waals surface area contributed by atoms with Crippen molar-refractivity contribution in [1.82, 2.24) is 9.62 Å². The van der Waals surface area contributed by atoms with Crippen LogP contribution in [0.3, 0.4) is 0 Å². The Morgan fingerprint density at radius 1 is 1.64 bits per heavy atom. The number of aliphatic carboxylic acids is 1. The van der Waals surface area contributed by atoms with Crippen molar-refractivity contribution in [3.05, 3.63) is 0 Å². The number of carboxylic acid groups (broad SMARTS) is 1. The predicted molar refractivity (Wildman–Crippen MR) is 50.5 cm³/mol. The van der Waals surface area contributed by atoms with Gasteiger partial charge in [-0.25, -0.2) is 12.7 Å². The lowest BCUT2D eigenvalue weighted by molar-refractivity contribution is -0.136. The molecule has 7 heteroatoms. The first-order chi connectivity index (χ1) is 6.39. The lowest BCUT2D eigenvalue weighted by Gasteiger charge is -2.13. The van der Waals surface area contributed by atoms with E-state index >= 15 is 0 Å². The third-order valence-electron chi connectivity index (χ3n) is 2.16. The number of hydrogen-bond acceptors (Lipinski definition) is 4. The number of carbonyl (C=O) groups is 1. The van der Waals surface area contributed by atoms with Crippen molar-refractivity contribution >= 4 is 16.0 Å². The topological polar surface area (TPSA) is 86.7 Å². The van der Waals surface area contributed by atoms with E-state index in [0.29, 0.717) is 19.5 Å². The molecule has 0 radical (unpaired) electrons. The summed E-state index contributed by atoms with van der Waals surface area (Å²) in [5, 5.41) is 11.2. The van der Waals surface area contributed by atoms with Gasteiger partial charge in [0.05, 0.1) is 12.8 Å². The van der Waals surface area contributed by atoms with Crippen LogP contribution >= 0.6 is 0 Å². The summed E-state index contributed by atoms with van der Waals surface area (Å²) < 4.78 is 23.6. The van der Waals surface area contributed by atoms with Gasteiger partial charge in [-0.05, 0) is 6.42 Å². The average Bonchev–Trinajstić information content (AvgIpc) is 2.47. The van der Waals surface area contributed by atoms with Crippen molar-refractivity contribution in [1.29, 1.82) is 0 Å². The highest BCUT2D eigenvalue weighted by atomic mass is 32.2. The molecular weight excluding hydrogens is 208 g/mol. The van der Waals surface area contributed by atoms with Gasteiger partial charge in [-0.15, -0.1) is 0 Å². The largest absolute Gasteiger partial charge is 0.480 e. The summed E-state index contributed by atoms with van der Waals surface area (Å²) in [6.45, 7) is 0.713. The van der Waals surface area contributed by atoms with E-state index in [1.54, 1.807) is 0 Å². The van der Waals surface area contributed by atoms with Crippen LogP contribution in [0.2, 0.25) is 0 Å². The molecule has 2 N–H and O–H groups in total. The summed E-state index contributed by atoms with van der Waals surface area (Å²) in [4.78, 5) is 10.2. The number of sulfonamides is 1. The molecule has 82 valence electrons. The molecule has 6 nitrogen and oxygen atoms in total. The highest BCUT2D eigenvalue weighted by Crippen LogP contribution is 2.11. The normalized spacial score (nSPS) is 23.9. The summed E-state index contributed by atoms with van der Waals surface area (Å²) in [7, 11) is -3.13. The van der Waals surface area contributed by atoms with Gasteiger partial charge in [0.15, 0.2) is 0 Å². The number of nitrogens with one attached hydrogen (secondary N) is 1. The lowest BCUT2D eigenvalue weighted by atomic mass is 10.3. The van der Waals surface area contributed by atoms with Gasteiger partial charge in [0.1, 0.15) is 0 Å². The summed E-state index contributed by atoms with van der Waals surface area (Å²) in [5.41, 5.74) is 0. The quantitative estimate of drug-likeness (QED) is 0.617. The van der Waals surface area contributed by atoms with Gasteiger partial charge in [0, 0.05) is 19.1 Å². The molecule has 0 bridgehead atoms. The monoisotopic (exact) mass is 222 g/mol. The van der Waals surface area contributed by atoms with E-state index < -0.39 is 16.0 Å². The van der Waals surface area contributed by atoms with Crippen LogP contribution in [0.25, 0.3) is 0 Å². The van der Waals surface area contributed by atoms with Crippen molar-refractivity contribution in [2.45, 2.75) is 12.5 Å². The van der Waals surface area contributed by atoms with E-state index in [1.165, 1.54) is 4.31 Å². The summed E-state index contributed by atoms with van der Waals surface area (Å²) in [6.07, 6.45) is 1.83. The molecular formula is C7H14N2O4S. The van der Waals surface area contributed by atoms with Gasteiger partial charge in [0.2, 0.25) is 10.0 Å². The van der Waals surface area contributed by atoms with Crippen LogP contribution in [0.15, 0.2) is 0 Å². The Balaban J connectivity index is 2.38. The molecule has 1 saturated heterocycles. The number of rotatable bonds is 4. The van der Waals surface area contributed by atoms with Crippen molar-refractivity contribution < 1.29 is 18.3 Å². The fourth-order valence-electron chi connectivity index (χ4n) is 1.43. The summed E-state index contributed by atoms with van der Waals surface area (Å²) >= 11 is 0. The fraction of sp³-hybridized carbons (Fsp3) is 0.857. The van der Waals surface area contributed by atoms with Crippen LogP contribution in [-0.2, 0) is 14.8 Å². The van der Waals surface area contributed by atoms with Gasteiger partial charge >= 0.3 is 5.97 Å². The molecule has 0 aromatic carbocycles. The average molecular weight is 222 g/mol. The minimum atomic E-state index is -3.13. The van der Waals surface area contributed by atoms with E-state index in [2.05, 4.69) is 5.32 Å². The van der Waals surface area contributed by atoms with Gasteiger partial charge in [-0.2, -0.15) is 0 Å². The molecule has 1 aliphatic rings. The Bertz CT molecular complexity index is 314. The molecule has 0 aliphatic carbocycles. The Morgan fingerprint density at radius 3 is 2.71 bits per heavy atom. The number of carboxylic acids is 1. The van der Waals surface area contributed by atoms with Crippen LogP contribution < -0.4 is 5.32 Å². The molecule has 1 rings (SSSR count). The molecule has 1 aliphatic heterocycles. The molecule has 1 fully saturated rings. The van der Waals surface area contributed by atoms with Gasteiger partial charge in [-0.1, -0.05) is 0 Å². The van der Waals surface area contributed by atoms with Crippen LogP contribution in [0.1, 0.15) is 6.42 Å². The smallest absolute Gasteiger partial charge is 0.317 e. The Morgan fingerprint density at radius 2 is 2.29 bits per heavy atom. The van der Waals surface area contributed by atoms with Crippen molar-refractivity contribution in [3.63, 3.8) is 0 Å². The molecule has 1 atom stereocenters. The maximum absolute atomic E-state index is 11.1. The highest BCUT2D eigenvalue weighted by molar-refractivity contribution is 7.88. The predicted octanol–water partition coefficient (Wildman–Crippen LogP) is -1.31. The number of hydrogen-bond donors (Lipinski definition) is 2. The summed E-state index contributed by atoms with van der Waals surface area (Å²) in [5.74, 6) is -0.928. The lowest BCUT2D eigenvalue weighted by Crippen LogP contribution is -2.37. The Hall–Kier alpha value is -0.660. The molecule has 0 aromatic rings. The van der Waals surface area contributed by atoms with Crippen molar-refractivity contribution in [2.24, 2.45) is 0 Å². The van der Waals surface area contributed by atoms with Crippen LogP contribution in [0.5, 0.6) is 0 Å². The first kappa shape index (κ1) is 11.4. The van der Waals surface area contributed by atoms with Gasteiger partial charge < -0.3 is 10.4 Å². The standard InChI is InChI=1S/C7H14N2O4S/c1-14(12,13)9-3-2-6(5-9)8-4-7(10)11/h6,8H,2-5H2,1H3,(H,10,11). The number of nitrogens with zero attached hydrogens (tertiary/aromatic N) is 1. The third-order valence-corrected chi connectivity index (χ3v) is 3.43. The zero-order valence-electron chi connectivity index (χ0n) is 7.93. The van der Waals surface area contributed by atoms with Gasteiger partial charge in [-0.3, -0.25) is 4.79 Å². The van der Waals surface area contributed by atoms with E-state index in [9.17, 15) is 13.2 Å². The van der Waals surface area contributed by atoms with E-state index in [-0.39, 0.29) is 12.6 Å². The summed E-state index contributed by atoms with van der Waals surface area (Å²) in [6, 6.07) is -0.0409. The minimum Gasteiger partial charge on any atom is -0.480 e. The second-order valence-electron chi connectivity index (χ2n) is 3.38. The SMILES string of the molecule is CS(=O)(=O)N1CCC(NCC(=O)O)C1. The van der Waals surface area contributed by atoms with E-state index in [0.717, 1.165) is 6.26 Å². The maximum atomic E-state index is 11.1. The van der Waals surface area contributed by atoms with Crippen LogP contribution in [0.4, 0.5) is 0 Å². The second-order valence-corrected chi connectivity index (χ2v) is 5.36. The van der Waals surface area contributed by atoms with Crippen LogP contribution in [0, 0.1) is 0 Å². The minimum absolute atomic E-state index is 0.0409. The first-order valence-corrected chi connectivity index (χ1v) is 6.14. The van der Waals surface area contributed by atoms with Crippen LogP contribution in [-0.4, -0.2) is 55.7 Å². The molecule has 14 heavy (non-hydrogen) atoms. The Labute approximate surface area is 82.9 Å². The van der Waals surface area contributed by atoms with Gasteiger partial charge in [0.25, 0.3) is 0 Å². The van der Waals surface area contributed by atoms with Crippen molar-refractivity contribution in [2.75, 3.05) is 25.9 Å². The molecule has 1 heterocycles. The third kappa shape index (κ3) is 3.24. The first-order valence-electron chi connectivity index (χ1n) is 4.30. The van der Waals surface area contributed by atoms with E-state index in [4.69, 9.17) is 5.11 Å². The highest BCUT2D eigenvalue weighted by Gasteiger charge is 2.28. The maximum Gasteiger partial charge on any atom is 0.317 e.